The summed E-state index contributed by atoms with van der Waals surface area (Å²) in [5.41, 5.74) is 0.926. The second kappa shape index (κ2) is 6.35. The molecule has 0 unspecified atom stereocenters. The SMILES string of the molecule is CC(C)CCN(C)Cc1cccnc1C(=O)O. The predicted octanol–water partition coefficient (Wildman–Crippen LogP) is 2.26. The van der Waals surface area contributed by atoms with Crippen LogP contribution in [0.3, 0.4) is 0 Å². The van der Waals surface area contributed by atoms with E-state index in [9.17, 15) is 4.79 Å². The van der Waals surface area contributed by atoms with Gasteiger partial charge in [-0.1, -0.05) is 19.9 Å². The molecule has 1 aromatic heterocycles. The number of aromatic carboxylic acids is 1. The Labute approximate surface area is 102 Å². The Balaban J connectivity index is 2.64. The molecule has 0 saturated heterocycles. The molecule has 1 rings (SSSR count). The molecule has 0 atom stereocenters. The van der Waals surface area contributed by atoms with Gasteiger partial charge in [0.05, 0.1) is 0 Å². The average molecular weight is 236 g/mol. The molecule has 4 nitrogen and oxygen atoms in total. The van der Waals surface area contributed by atoms with Crippen LogP contribution in [0.25, 0.3) is 0 Å². The van der Waals surface area contributed by atoms with Gasteiger partial charge in [-0.05, 0) is 37.6 Å². The molecule has 4 heteroatoms. The first-order chi connectivity index (χ1) is 8.00. The minimum absolute atomic E-state index is 0.156. The summed E-state index contributed by atoms with van der Waals surface area (Å²) >= 11 is 0. The van der Waals surface area contributed by atoms with Crippen molar-refractivity contribution in [2.45, 2.75) is 26.8 Å². The van der Waals surface area contributed by atoms with E-state index >= 15 is 0 Å². The lowest BCUT2D eigenvalue weighted by molar-refractivity contribution is 0.0688. The van der Waals surface area contributed by atoms with E-state index in [2.05, 4.69) is 23.7 Å². The summed E-state index contributed by atoms with van der Waals surface area (Å²) in [7, 11) is 2.00. The van der Waals surface area contributed by atoms with Crippen LogP contribution in [-0.2, 0) is 6.54 Å². The zero-order valence-electron chi connectivity index (χ0n) is 10.7. The van der Waals surface area contributed by atoms with Gasteiger partial charge in [-0.25, -0.2) is 9.78 Å². The Morgan fingerprint density at radius 1 is 1.53 bits per heavy atom. The van der Waals surface area contributed by atoms with Crippen LogP contribution in [0.5, 0.6) is 0 Å². The quantitative estimate of drug-likeness (QED) is 0.823. The Kier molecular flexibility index (Phi) is 5.10. The van der Waals surface area contributed by atoms with Gasteiger partial charge < -0.3 is 10.0 Å². The van der Waals surface area contributed by atoms with E-state index in [-0.39, 0.29) is 5.69 Å². The van der Waals surface area contributed by atoms with Gasteiger partial charge in [-0.15, -0.1) is 0 Å². The van der Waals surface area contributed by atoms with Crippen LogP contribution in [0.4, 0.5) is 0 Å². The van der Waals surface area contributed by atoms with Gasteiger partial charge in [-0.3, -0.25) is 0 Å². The summed E-state index contributed by atoms with van der Waals surface area (Å²) < 4.78 is 0. The molecule has 0 radical (unpaired) electrons. The highest BCUT2D eigenvalue weighted by Gasteiger charge is 2.12. The molecule has 0 amide bonds. The lowest BCUT2D eigenvalue weighted by Gasteiger charge is -2.18. The molecule has 0 aromatic carbocycles. The molecular formula is C13H20N2O2. The van der Waals surface area contributed by atoms with Crippen molar-refractivity contribution in [2.75, 3.05) is 13.6 Å². The Bertz CT molecular complexity index is 377. The van der Waals surface area contributed by atoms with E-state index in [0.717, 1.165) is 18.5 Å². The van der Waals surface area contributed by atoms with Crippen LogP contribution >= 0.6 is 0 Å². The molecule has 1 heterocycles. The molecular weight excluding hydrogens is 216 g/mol. The Hall–Kier alpha value is -1.42. The number of aromatic nitrogens is 1. The third-order valence-electron chi connectivity index (χ3n) is 2.62. The van der Waals surface area contributed by atoms with Crippen LogP contribution < -0.4 is 0 Å². The van der Waals surface area contributed by atoms with Gasteiger partial charge in [-0.2, -0.15) is 0 Å². The van der Waals surface area contributed by atoms with Crippen molar-refractivity contribution in [1.29, 1.82) is 0 Å². The van der Waals surface area contributed by atoms with E-state index in [1.807, 2.05) is 13.1 Å². The number of pyridine rings is 1. The highest BCUT2D eigenvalue weighted by atomic mass is 16.4. The van der Waals surface area contributed by atoms with E-state index in [4.69, 9.17) is 5.11 Å². The third kappa shape index (κ3) is 4.53. The normalized spacial score (nSPS) is 11.1. The molecule has 0 bridgehead atoms. The minimum atomic E-state index is -0.960. The van der Waals surface area contributed by atoms with Crippen molar-refractivity contribution in [3.63, 3.8) is 0 Å². The maximum atomic E-state index is 11.0. The number of carbonyl (C=O) groups is 1. The van der Waals surface area contributed by atoms with Crippen molar-refractivity contribution in [3.8, 4) is 0 Å². The molecule has 0 aliphatic rings. The van der Waals surface area contributed by atoms with E-state index in [1.54, 1.807) is 6.07 Å². The fourth-order valence-electron chi connectivity index (χ4n) is 1.61. The number of nitrogens with zero attached hydrogens (tertiary/aromatic N) is 2. The fourth-order valence-corrected chi connectivity index (χ4v) is 1.61. The first-order valence-electron chi connectivity index (χ1n) is 5.86. The minimum Gasteiger partial charge on any atom is -0.477 e. The molecule has 0 saturated carbocycles. The summed E-state index contributed by atoms with van der Waals surface area (Å²) in [6, 6.07) is 3.60. The highest BCUT2D eigenvalue weighted by molar-refractivity contribution is 5.86. The van der Waals surface area contributed by atoms with Crippen molar-refractivity contribution >= 4 is 5.97 Å². The zero-order valence-corrected chi connectivity index (χ0v) is 10.7. The standard InChI is InChI=1S/C13H20N2O2/c1-10(2)6-8-15(3)9-11-5-4-7-14-12(11)13(16)17/h4-5,7,10H,6,8-9H2,1-3H3,(H,16,17). The molecule has 0 fully saturated rings. The van der Waals surface area contributed by atoms with Crippen molar-refractivity contribution in [1.82, 2.24) is 9.88 Å². The van der Waals surface area contributed by atoms with Crippen molar-refractivity contribution < 1.29 is 9.90 Å². The van der Waals surface area contributed by atoms with Gasteiger partial charge in [0.1, 0.15) is 0 Å². The summed E-state index contributed by atoms with van der Waals surface area (Å²) in [6.07, 6.45) is 2.63. The number of hydrogen-bond acceptors (Lipinski definition) is 3. The molecule has 17 heavy (non-hydrogen) atoms. The molecule has 0 aliphatic carbocycles. The zero-order chi connectivity index (χ0) is 12.8. The van der Waals surface area contributed by atoms with E-state index in [1.165, 1.54) is 6.20 Å². The van der Waals surface area contributed by atoms with Crippen molar-refractivity contribution in [3.05, 3.63) is 29.6 Å². The molecule has 1 aromatic rings. The Morgan fingerprint density at radius 2 is 2.24 bits per heavy atom. The maximum absolute atomic E-state index is 11.0. The van der Waals surface area contributed by atoms with E-state index in [0.29, 0.717) is 12.5 Å². The second-order valence-electron chi connectivity index (χ2n) is 4.74. The van der Waals surface area contributed by atoms with Crippen LogP contribution in [-0.4, -0.2) is 34.6 Å². The summed E-state index contributed by atoms with van der Waals surface area (Å²) in [5.74, 6) is -0.303. The van der Waals surface area contributed by atoms with Gasteiger partial charge in [0.15, 0.2) is 5.69 Å². The predicted molar refractivity (Wildman–Crippen MR) is 67.0 cm³/mol. The summed E-state index contributed by atoms with van der Waals surface area (Å²) in [4.78, 5) is 17.0. The first-order valence-corrected chi connectivity index (χ1v) is 5.86. The largest absolute Gasteiger partial charge is 0.477 e. The molecule has 0 spiro atoms. The first kappa shape index (κ1) is 13.6. The number of rotatable bonds is 6. The second-order valence-corrected chi connectivity index (χ2v) is 4.74. The Morgan fingerprint density at radius 3 is 2.82 bits per heavy atom. The van der Waals surface area contributed by atoms with Crippen LogP contribution in [0.15, 0.2) is 18.3 Å². The van der Waals surface area contributed by atoms with Gasteiger partial charge in [0.25, 0.3) is 0 Å². The van der Waals surface area contributed by atoms with Gasteiger partial charge in [0.2, 0.25) is 0 Å². The molecule has 0 aliphatic heterocycles. The van der Waals surface area contributed by atoms with Crippen LogP contribution in [0, 0.1) is 5.92 Å². The highest BCUT2D eigenvalue weighted by Crippen LogP contribution is 2.09. The molecule has 1 N–H and O–H groups in total. The fraction of sp³-hybridized carbons (Fsp3) is 0.538. The number of carboxylic acids is 1. The van der Waals surface area contributed by atoms with Gasteiger partial charge >= 0.3 is 5.97 Å². The monoisotopic (exact) mass is 236 g/mol. The number of hydrogen-bond donors (Lipinski definition) is 1. The van der Waals surface area contributed by atoms with E-state index < -0.39 is 5.97 Å². The summed E-state index contributed by atoms with van der Waals surface area (Å²) in [6.45, 7) is 5.95. The number of carboxylic acid groups (broad SMARTS) is 1. The van der Waals surface area contributed by atoms with Gasteiger partial charge in [0, 0.05) is 12.7 Å². The smallest absolute Gasteiger partial charge is 0.354 e. The maximum Gasteiger partial charge on any atom is 0.354 e. The van der Waals surface area contributed by atoms with Crippen LogP contribution in [0.1, 0.15) is 36.3 Å². The average Bonchev–Trinajstić information content (AvgIpc) is 2.27. The topological polar surface area (TPSA) is 53.4 Å². The lowest BCUT2D eigenvalue weighted by atomic mass is 10.1. The third-order valence-corrected chi connectivity index (χ3v) is 2.62. The molecule has 94 valence electrons. The van der Waals surface area contributed by atoms with Crippen molar-refractivity contribution in [2.24, 2.45) is 5.92 Å². The van der Waals surface area contributed by atoms with Crippen LogP contribution in [0.2, 0.25) is 0 Å². The lowest BCUT2D eigenvalue weighted by Crippen LogP contribution is -2.22. The summed E-state index contributed by atoms with van der Waals surface area (Å²) in [5, 5.41) is 9.02.